The molecular weight excluding hydrogens is 285 g/mol. The van der Waals surface area contributed by atoms with Gasteiger partial charge in [-0.15, -0.1) is 5.10 Å². The smallest absolute Gasteiger partial charge is 0.282 e. The average molecular weight is 292 g/mol. The molecule has 2 heterocycles. The van der Waals surface area contributed by atoms with Crippen LogP contribution in [0.2, 0.25) is 0 Å². The van der Waals surface area contributed by atoms with Crippen molar-refractivity contribution in [3.05, 3.63) is 48.4 Å². The number of hydrogen-bond acceptors (Lipinski definition) is 4. The van der Waals surface area contributed by atoms with E-state index < -0.39 is 17.7 Å². The van der Waals surface area contributed by atoms with Gasteiger partial charge in [-0.05, 0) is 12.1 Å². The first-order valence-electron chi connectivity index (χ1n) is 5.85. The van der Waals surface area contributed by atoms with Crippen LogP contribution in [-0.4, -0.2) is 31.9 Å². The van der Waals surface area contributed by atoms with Crippen molar-refractivity contribution in [3.63, 3.8) is 0 Å². The fourth-order valence-corrected chi connectivity index (χ4v) is 1.90. The molecule has 0 N–H and O–H groups in total. The van der Waals surface area contributed by atoms with Gasteiger partial charge in [0.05, 0.1) is 17.4 Å². The molecule has 0 amide bonds. The first kappa shape index (κ1) is 13.2. The molecule has 0 atom stereocenters. The summed E-state index contributed by atoms with van der Waals surface area (Å²) in [7, 11) is 0. The van der Waals surface area contributed by atoms with E-state index in [4.69, 9.17) is 0 Å². The number of fused-ring (bicyclic) bond motifs is 1. The maximum Gasteiger partial charge on any atom is 0.456 e. The molecule has 21 heavy (non-hydrogen) atoms. The Morgan fingerprint density at radius 2 is 1.90 bits per heavy atom. The molecule has 0 saturated carbocycles. The van der Waals surface area contributed by atoms with Crippen LogP contribution in [0, 0.1) is 0 Å². The van der Waals surface area contributed by atoms with E-state index in [9.17, 15) is 18.0 Å². The van der Waals surface area contributed by atoms with E-state index in [1.54, 1.807) is 24.4 Å². The highest BCUT2D eigenvalue weighted by atomic mass is 19.4. The summed E-state index contributed by atoms with van der Waals surface area (Å²) in [4.78, 5) is 15.3. The summed E-state index contributed by atoms with van der Waals surface area (Å²) in [6.45, 7) is 0. The number of ketones is 1. The molecule has 0 radical (unpaired) electrons. The van der Waals surface area contributed by atoms with Crippen molar-refractivity contribution in [2.45, 2.75) is 6.18 Å². The fourth-order valence-electron chi connectivity index (χ4n) is 1.90. The highest BCUT2D eigenvalue weighted by molar-refractivity contribution is 5.98. The number of carbonyl (C=O) groups excluding carboxylic acids is 1. The Morgan fingerprint density at radius 1 is 1.14 bits per heavy atom. The van der Waals surface area contributed by atoms with Gasteiger partial charge >= 0.3 is 6.18 Å². The van der Waals surface area contributed by atoms with Crippen molar-refractivity contribution in [2.75, 3.05) is 0 Å². The van der Waals surface area contributed by atoms with Gasteiger partial charge in [0.2, 0.25) is 0 Å². The number of para-hydroxylation sites is 1. The number of aromatic nitrogens is 4. The molecule has 0 spiro atoms. The summed E-state index contributed by atoms with van der Waals surface area (Å²) in [5.41, 5.74) is 0.244. The topological polar surface area (TPSA) is 60.7 Å². The summed E-state index contributed by atoms with van der Waals surface area (Å²) >= 11 is 0. The number of alkyl halides is 3. The van der Waals surface area contributed by atoms with Crippen LogP contribution in [0.1, 0.15) is 10.5 Å². The molecule has 0 aliphatic rings. The maximum atomic E-state index is 12.4. The fraction of sp³-hybridized carbons (Fsp3) is 0.0769. The highest BCUT2D eigenvalue weighted by Crippen LogP contribution is 2.22. The van der Waals surface area contributed by atoms with Gasteiger partial charge in [-0.3, -0.25) is 9.78 Å². The number of nitrogens with zero attached hydrogens (tertiary/aromatic N) is 4. The zero-order valence-corrected chi connectivity index (χ0v) is 10.4. The molecule has 8 heteroatoms. The third kappa shape index (κ3) is 2.35. The molecule has 0 saturated heterocycles. The third-order valence-corrected chi connectivity index (χ3v) is 2.84. The van der Waals surface area contributed by atoms with E-state index >= 15 is 0 Å². The lowest BCUT2D eigenvalue weighted by molar-refractivity contribution is -0.0888. The zero-order chi connectivity index (χ0) is 15.0. The summed E-state index contributed by atoms with van der Waals surface area (Å²) in [5, 5.41) is 7.66. The second-order valence-electron chi connectivity index (χ2n) is 4.23. The lowest BCUT2D eigenvalue weighted by atomic mass is 10.2. The van der Waals surface area contributed by atoms with Gasteiger partial charge in [0, 0.05) is 11.6 Å². The number of pyridine rings is 1. The maximum absolute atomic E-state index is 12.4. The van der Waals surface area contributed by atoms with Crippen molar-refractivity contribution in [3.8, 4) is 5.69 Å². The third-order valence-electron chi connectivity index (χ3n) is 2.84. The van der Waals surface area contributed by atoms with E-state index in [1.807, 2.05) is 12.1 Å². The van der Waals surface area contributed by atoms with E-state index in [1.165, 1.54) is 0 Å². The van der Waals surface area contributed by atoms with Crippen LogP contribution >= 0.6 is 0 Å². The van der Waals surface area contributed by atoms with Crippen LogP contribution in [0.25, 0.3) is 16.6 Å². The predicted molar refractivity (Wildman–Crippen MR) is 67.0 cm³/mol. The molecule has 106 valence electrons. The molecule has 1 aromatic carbocycles. The number of hydrogen-bond donors (Lipinski definition) is 0. The van der Waals surface area contributed by atoms with Gasteiger partial charge < -0.3 is 0 Å². The van der Waals surface area contributed by atoms with Gasteiger partial charge in [0.15, 0.2) is 5.69 Å². The molecule has 0 unspecified atom stereocenters. The van der Waals surface area contributed by atoms with Gasteiger partial charge in [-0.2, -0.15) is 13.2 Å². The Labute approximate surface area is 116 Å². The lowest BCUT2D eigenvalue weighted by Crippen LogP contribution is -2.23. The molecule has 5 nitrogen and oxygen atoms in total. The minimum absolute atomic E-state index is 0.446. The lowest BCUT2D eigenvalue weighted by Gasteiger charge is -2.04. The Bertz CT molecular complexity index is 820. The predicted octanol–water partition coefficient (Wildman–Crippen LogP) is 2.56. The number of halogens is 3. The second-order valence-corrected chi connectivity index (χ2v) is 4.23. The van der Waals surface area contributed by atoms with Gasteiger partial charge in [0.1, 0.15) is 0 Å². The van der Waals surface area contributed by atoms with Crippen molar-refractivity contribution in [1.29, 1.82) is 0 Å². The van der Waals surface area contributed by atoms with Crippen molar-refractivity contribution >= 4 is 16.7 Å². The molecule has 3 aromatic rings. The molecule has 0 aliphatic heterocycles. The second kappa shape index (κ2) is 4.65. The van der Waals surface area contributed by atoms with Crippen LogP contribution < -0.4 is 0 Å². The first-order chi connectivity index (χ1) is 9.97. The summed E-state index contributed by atoms with van der Waals surface area (Å²) in [5.74, 6) is -2.03. The molecule has 2 aromatic heterocycles. The highest BCUT2D eigenvalue weighted by Gasteiger charge is 2.41. The Kier molecular flexibility index (Phi) is 2.93. The van der Waals surface area contributed by atoms with Crippen LogP contribution in [-0.2, 0) is 0 Å². The Hall–Kier alpha value is -2.77. The summed E-state index contributed by atoms with van der Waals surface area (Å²) in [6, 6.07) is 8.71. The van der Waals surface area contributed by atoms with E-state index in [2.05, 4.69) is 15.3 Å². The van der Waals surface area contributed by atoms with E-state index in [-0.39, 0.29) is 0 Å². The first-order valence-corrected chi connectivity index (χ1v) is 5.85. The van der Waals surface area contributed by atoms with Crippen molar-refractivity contribution in [2.24, 2.45) is 0 Å². The summed E-state index contributed by atoms with van der Waals surface area (Å²) in [6.07, 6.45) is -2.47. The van der Waals surface area contributed by atoms with Gasteiger partial charge in [-0.25, -0.2) is 4.68 Å². The average Bonchev–Trinajstić information content (AvgIpc) is 2.94. The SMILES string of the molecule is O=C(c1cn(-c2cccc3cccnc23)nn1)C(F)(F)F. The molecule has 0 aliphatic carbocycles. The number of Topliss-reactive ketones (excluding diaryl/α,β-unsaturated/α-hetero) is 1. The molecular formula is C13H7F3N4O. The normalized spacial score (nSPS) is 11.8. The van der Waals surface area contributed by atoms with Crippen LogP contribution in [0.3, 0.4) is 0 Å². The minimum atomic E-state index is -4.97. The molecule has 0 bridgehead atoms. The number of carbonyl (C=O) groups is 1. The quantitative estimate of drug-likeness (QED) is 0.681. The van der Waals surface area contributed by atoms with Crippen LogP contribution in [0.5, 0.6) is 0 Å². The van der Waals surface area contributed by atoms with Crippen LogP contribution in [0.15, 0.2) is 42.7 Å². The van der Waals surface area contributed by atoms with Crippen LogP contribution in [0.4, 0.5) is 13.2 Å². The van der Waals surface area contributed by atoms with E-state index in [0.717, 1.165) is 16.3 Å². The van der Waals surface area contributed by atoms with Crippen molar-refractivity contribution in [1.82, 2.24) is 20.0 Å². The monoisotopic (exact) mass is 292 g/mol. The van der Waals surface area contributed by atoms with Gasteiger partial charge in [-0.1, -0.05) is 23.4 Å². The number of rotatable bonds is 2. The molecule has 3 rings (SSSR count). The molecule has 0 fully saturated rings. The zero-order valence-electron chi connectivity index (χ0n) is 10.4. The number of benzene rings is 1. The minimum Gasteiger partial charge on any atom is -0.282 e. The van der Waals surface area contributed by atoms with E-state index in [0.29, 0.717) is 11.2 Å². The Morgan fingerprint density at radius 3 is 2.67 bits per heavy atom. The van der Waals surface area contributed by atoms with Gasteiger partial charge in [0.25, 0.3) is 5.78 Å². The largest absolute Gasteiger partial charge is 0.456 e. The summed E-state index contributed by atoms with van der Waals surface area (Å²) < 4.78 is 38.2. The Balaban J connectivity index is 2.09. The standard InChI is InChI=1S/C13H7F3N4O/c14-13(15,16)12(21)9-7-20(19-18-9)10-5-1-3-8-4-2-6-17-11(8)10/h1-7H. The van der Waals surface area contributed by atoms with Crippen molar-refractivity contribution < 1.29 is 18.0 Å².